The number of hydrogen-bond donors (Lipinski definition) is 0. The van der Waals surface area contributed by atoms with Crippen LogP contribution in [0.4, 0.5) is 5.82 Å². The van der Waals surface area contributed by atoms with E-state index in [1.54, 1.807) is 11.3 Å². The van der Waals surface area contributed by atoms with Crippen molar-refractivity contribution in [2.75, 3.05) is 11.9 Å². The molecule has 0 atom stereocenters. The molecule has 0 N–H and O–H groups in total. The van der Waals surface area contributed by atoms with E-state index in [2.05, 4.69) is 34.9 Å². The molecule has 3 nitrogen and oxygen atoms in total. The number of rotatable bonds is 3. The molecule has 102 valence electrons. The second-order valence-corrected chi connectivity index (χ2v) is 6.60. The number of nitrogens with zero attached hydrogens (tertiary/aromatic N) is 3. The van der Waals surface area contributed by atoms with Crippen molar-refractivity contribution in [3.8, 4) is 0 Å². The summed E-state index contributed by atoms with van der Waals surface area (Å²) in [5, 5.41) is 1.51. The molecule has 2 aromatic heterocycles. The summed E-state index contributed by atoms with van der Waals surface area (Å²) in [7, 11) is 2.14. The first-order valence-electron chi connectivity index (χ1n) is 6.88. The summed E-state index contributed by atoms with van der Waals surface area (Å²) in [6, 6.07) is 2.82. The fourth-order valence-corrected chi connectivity index (χ4v) is 4.02. The van der Waals surface area contributed by atoms with Gasteiger partial charge in [-0.3, -0.25) is 0 Å². The fraction of sp³-hybridized carbons (Fsp3) is 0.571. The normalized spacial score (nSPS) is 16.4. The van der Waals surface area contributed by atoms with Crippen molar-refractivity contribution >= 4 is 39.0 Å². The Morgan fingerprint density at radius 1 is 1.37 bits per heavy atom. The van der Waals surface area contributed by atoms with Gasteiger partial charge in [-0.05, 0) is 36.9 Å². The first-order valence-corrected chi connectivity index (χ1v) is 8.07. The van der Waals surface area contributed by atoms with Crippen molar-refractivity contribution in [1.29, 1.82) is 0 Å². The number of aromatic nitrogens is 2. The molecule has 0 aromatic carbocycles. The minimum atomic E-state index is 0.358. The Morgan fingerprint density at radius 3 is 2.79 bits per heavy atom. The van der Waals surface area contributed by atoms with Gasteiger partial charge in [0.15, 0.2) is 0 Å². The molecule has 19 heavy (non-hydrogen) atoms. The van der Waals surface area contributed by atoms with Crippen molar-refractivity contribution in [1.82, 2.24) is 9.97 Å². The van der Waals surface area contributed by atoms with Crippen LogP contribution in [0.25, 0.3) is 10.2 Å². The van der Waals surface area contributed by atoms with E-state index in [4.69, 9.17) is 11.6 Å². The van der Waals surface area contributed by atoms with Crippen LogP contribution in [0.3, 0.4) is 0 Å². The van der Waals surface area contributed by atoms with Gasteiger partial charge in [-0.25, -0.2) is 4.98 Å². The lowest BCUT2D eigenvalue weighted by Crippen LogP contribution is -2.29. The molecule has 0 spiro atoms. The third-order valence-corrected chi connectivity index (χ3v) is 5.29. The molecular formula is C14H18ClN3S. The molecule has 0 radical (unpaired) electrons. The molecule has 1 saturated carbocycles. The highest BCUT2D eigenvalue weighted by Gasteiger charge is 2.23. The number of halogens is 1. The van der Waals surface area contributed by atoms with Crippen LogP contribution in [-0.2, 0) is 6.42 Å². The Kier molecular flexibility index (Phi) is 3.63. The van der Waals surface area contributed by atoms with Crippen LogP contribution in [0.5, 0.6) is 0 Å². The van der Waals surface area contributed by atoms with Crippen LogP contribution in [0.1, 0.15) is 37.5 Å². The first kappa shape index (κ1) is 13.1. The van der Waals surface area contributed by atoms with Gasteiger partial charge in [-0.15, -0.1) is 11.3 Å². The number of anilines is 1. The molecule has 1 aliphatic rings. The zero-order valence-corrected chi connectivity index (χ0v) is 12.9. The summed E-state index contributed by atoms with van der Waals surface area (Å²) >= 11 is 7.81. The van der Waals surface area contributed by atoms with E-state index in [0.29, 0.717) is 11.3 Å². The maximum Gasteiger partial charge on any atom is 0.225 e. The van der Waals surface area contributed by atoms with Gasteiger partial charge in [0.1, 0.15) is 10.6 Å². The highest BCUT2D eigenvalue weighted by molar-refractivity contribution is 7.18. The molecule has 0 aliphatic heterocycles. The lowest BCUT2D eigenvalue weighted by atomic mass is 10.2. The number of thiophene rings is 1. The van der Waals surface area contributed by atoms with Gasteiger partial charge in [-0.1, -0.05) is 19.8 Å². The van der Waals surface area contributed by atoms with Crippen LogP contribution < -0.4 is 4.90 Å². The van der Waals surface area contributed by atoms with Crippen LogP contribution in [0, 0.1) is 0 Å². The van der Waals surface area contributed by atoms with Gasteiger partial charge in [0, 0.05) is 18.0 Å². The topological polar surface area (TPSA) is 29.0 Å². The van der Waals surface area contributed by atoms with Crippen molar-refractivity contribution < 1.29 is 0 Å². The Hall–Kier alpha value is -0.870. The van der Waals surface area contributed by atoms with Gasteiger partial charge in [0.2, 0.25) is 5.28 Å². The fourth-order valence-electron chi connectivity index (χ4n) is 2.84. The van der Waals surface area contributed by atoms with Crippen molar-refractivity contribution in [2.45, 2.75) is 45.1 Å². The van der Waals surface area contributed by atoms with E-state index >= 15 is 0 Å². The summed E-state index contributed by atoms with van der Waals surface area (Å²) < 4.78 is 0. The molecule has 1 fully saturated rings. The standard InChI is InChI=1S/C14H18ClN3S/c1-3-10-8-11-12(16-14(15)17-13(11)19-10)18(2)9-6-4-5-7-9/h8-9H,3-7H2,1-2H3. The lowest BCUT2D eigenvalue weighted by molar-refractivity contribution is 0.648. The maximum atomic E-state index is 6.08. The maximum absolute atomic E-state index is 6.08. The lowest BCUT2D eigenvalue weighted by Gasteiger charge is -2.25. The molecular weight excluding hydrogens is 278 g/mol. The molecule has 1 aliphatic carbocycles. The third-order valence-electron chi connectivity index (χ3n) is 3.95. The highest BCUT2D eigenvalue weighted by atomic mass is 35.5. The second-order valence-electron chi connectivity index (χ2n) is 5.15. The van der Waals surface area contributed by atoms with Crippen LogP contribution >= 0.6 is 22.9 Å². The summed E-state index contributed by atoms with van der Waals surface area (Å²) in [5.74, 6) is 0.998. The average Bonchev–Trinajstić information content (AvgIpc) is 3.05. The minimum absolute atomic E-state index is 0.358. The van der Waals surface area contributed by atoms with Gasteiger partial charge < -0.3 is 4.90 Å². The van der Waals surface area contributed by atoms with Crippen molar-refractivity contribution in [3.05, 3.63) is 16.2 Å². The number of fused-ring (bicyclic) bond motifs is 1. The molecule has 5 heteroatoms. The molecule has 0 bridgehead atoms. The molecule has 2 aromatic rings. The molecule has 0 unspecified atom stereocenters. The Morgan fingerprint density at radius 2 is 2.11 bits per heavy atom. The predicted molar refractivity (Wildman–Crippen MR) is 82.5 cm³/mol. The van der Waals surface area contributed by atoms with Crippen LogP contribution in [0.2, 0.25) is 5.28 Å². The van der Waals surface area contributed by atoms with Gasteiger partial charge in [-0.2, -0.15) is 4.98 Å². The smallest absolute Gasteiger partial charge is 0.225 e. The molecule has 0 amide bonds. The number of aryl methyl sites for hydroxylation is 1. The van der Waals surface area contributed by atoms with Gasteiger partial charge in [0.25, 0.3) is 0 Å². The summed E-state index contributed by atoms with van der Waals surface area (Å²) in [6.45, 7) is 2.17. The second kappa shape index (κ2) is 5.25. The zero-order chi connectivity index (χ0) is 13.4. The minimum Gasteiger partial charge on any atom is -0.356 e. The third kappa shape index (κ3) is 2.43. The Bertz CT molecular complexity index is 590. The zero-order valence-electron chi connectivity index (χ0n) is 11.3. The van der Waals surface area contributed by atoms with E-state index in [0.717, 1.165) is 22.5 Å². The SMILES string of the molecule is CCc1cc2c(N(C)C3CCCC3)nc(Cl)nc2s1. The van der Waals surface area contributed by atoms with Crippen molar-refractivity contribution in [2.24, 2.45) is 0 Å². The van der Waals surface area contributed by atoms with Gasteiger partial charge >= 0.3 is 0 Å². The Balaban J connectivity index is 2.07. The van der Waals surface area contributed by atoms with E-state index in [1.165, 1.54) is 30.6 Å². The largest absolute Gasteiger partial charge is 0.356 e. The average molecular weight is 296 g/mol. The molecule has 2 heterocycles. The quantitative estimate of drug-likeness (QED) is 0.791. The Labute approximate surface area is 122 Å². The van der Waals surface area contributed by atoms with Crippen LogP contribution in [-0.4, -0.2) is 23.1 Å². The first-order chi connectivity index (χ1) is 9.19. The van der Waals surface area contributed by atoms with Crippen molar-refractivity contribution in [3.63, 3.8) is 0 Å². The monoisotopic (exact) mass is 295 g/mol. The summed E-state index contributed by atoms with van der Waals surface area (Å²) in [5.41, 5.74) is 0. The van der Waals surface area contributed by atoms with Crippen LogP contribution in [0.15, 0.2) is 6.07 Å². The molecule has 0 saturated heterocycles. The molecule has 3 rings (SSSR count). The van der Waals surface area contributed by atoms with Gasteiger partial charge in [0.05, 0.1) is 5.39 Å². The van der Waals surface area contributed by atoms with E-state index in [1.807, 2.05) is 0 Å². The van der Waals surface area contributed by atoms with E-state index in [9.17, 15) is 0 Å². The summed E-state index contributed by atoms with van der Waals surface area (Å²) in [4.78, 5) is 13.5. The van der Waals surface area contributed by atoms with E-state index in [-0.39, 0.29) is 0 Å². The highest BCUT2D eigenvalue weighted by Crippen LogP contribution is 2.34. The predicted octanol–water partition coefficient (Wildman–Crippen LogP) is 4.29. The summed E-state index contributed by atoms with van der Waals surface area (Å²) in [6.07, 6.45) is 6.18. The van der Waals surface area contributed by atoms with E-state index < -0.39 is 0 Å². The number of hydrogen-bond acceptors (Lipinski definition) is 4.